The average molecular weight is 231 g/mol. The van der Waals surface area contributed by atoms with Gasteiger partial charge in [-0.3, -0.25) is 0 Å². The zero-order valence-corrected chi connectivity index (χ0v) is 11.0. The van der Waals surface area contributed by atoms with Gasteiger partial charge in [-0.15, -0.1) is 0 Å². The molecule has 0 bridgehead atoms. The predicted molar refractivity (Wildman–Crippen MR) is 71.2 cm³/mol. The van der Waals surface area contributed by atoms with Crippen LogP contribution in [0.5, 0.6) is 0 Å². The highest BCUT2D eigenvalue weighted by Gasteiger charge is 2.14. The van der Waals surface area contributed by atoms with Gasteiger partial charge in [0.05, 0.1) is 5.52 Å². The second-order valence-electron chi connectivity index (χ2n) is 4.72. The Morgan fingerprint density at radius 1 is 1.12 bits per heavy atom. The summed E-state index contributed by atoms with van der Waals surface area (Å²) >= 11 is 0. The van der Waals surface area contributed by atoms with E-state index in [2.05, 4.69) is 34.9 Å². The summed E-state index contributed by atoms with van der Waals surface area (Å²) in [5.41, 5.74) is 2.94. The van der Waals surface area contributed by atoms with Gasteiger partial charge in [0.25, 0.3) is 0 Å². The lowest BCUT2D eigenvalue weighted by molar-refractivity contribution is 0.539. The minimum absolute atomic E-state index is 0.555. The molecule has 0 spiro atoms. The van der Waals surface area contributed by atoms with Gasteiger partial charge in [-0.25, -0.2) is 9.97 Å². The number of hydrogen-bond donors (Lipinski definition) is 1. The van der Waals surface area contributed by atoms with Crippen LogP contribution in [0.3, 0.4) is 0 Å². The summed E-state index contributed by atoms with van der Waals surface area (Å²) in [6.07, 6.45) is 4.81. The molecule has 0 unspecified atom stereocenters. The summed E-state index contributed by atoms with van der Waals surface area (Å²) in [5, 5.41) is 0. The number of fused-ring (bicyclic) bond motifs is 1. The van der Waals surface area contributed by atoms with Crippen molar-refractivity contribution in [3.05, 3.63) is 23.7 Å². The van der Waals surface area contributed by atoms with Crippen LogP contribution in [0.1, 0.15) is 57.0 Å². The molecule has 0 aliphatic heterocycles. The Morgan fingerprint density at radius 3 is 2.47 bits per heavy atom. The molecule has 3 nitrogen and oxygen atoms in total. The first kappa shape index (κ1) is 12.1. The number of H-pyrrole nitrogens is 1. The molecule has 0 radical (unpaired) electrons. The highest BCUT2D eigenvalue weighted by Crippen LogP contribution is 2.25. The fourth-order valence-electron chi connectivity index (χ4n) is 2.31. The second-order valence-corrected chi connectivity index (χ2v) is 4.72. The van der Waals surface area contributed by atoms with E-state index >= 15 is 0 Å². The van der Waals surface area contributed by atoms with Gasteiger partial charge in [-0.05, 0) is 31.9 Å². The molecular weight excluding hydrogens is 210 g/mol. The van der Waals surface area contributed by atoms with Gasteiger partial charge in [0, 0.05) is 11.6 Å². The molecule has 0 aliphatic carbocycles. The average Bonchev–Trinajstić information content (AvgIpc) is 2.71. The van der Waals surface area contributed by atoms with Crippen LogP contribution in [-0.4, -0.2) is 15.0 Å². The lowest BCUT2D eigenvalue weighted by atomic mass is 9.98. The number of aryl methyl sites for hydroxylation is 1. The summed E-state index contributed by atoms with van der Waals surface area (Å²) in [6.45, 7) is 6.46. The van der Waals surface area contributed by atoms with E-state index < -0.39 is 0 Å². The van der Waals surface area contributed by atoms with Crippen LogP contribution in [0.4, 0.5) is 0 Å². The second kappa shape index (κ2) is 5.30. The molecule has 0 amide bonds. The van der Waals surface area contributed by atoms with E-state index in [-0.39, 0.29) is 0 Å². The van der Waals surface area contributed by atoms with Gasteiger partial charge in [-0.2, -0.15) is 0 Å². The lowest BCUT2D eigenvalue weighted by Crippen LogP contribution is -2.00. The molecule has 2 rings (SSSR count). The number of aromatic nitrogens is 3. The van der Waals surface area contributed by atoms with E-state index in [1.165, 1.54) is 25.7 Å². The highest BCUT2D eigenvalue weighted by molar-refractivity contribution is 5.70. The number of hydrogen-bond acceptors (Lipinski definition) is 2. The monoisotopic (exact) mass is 231 g/mol. The van der Waals surface area contributed by atoms with Crippen LogP contribution >= 0.6 is 0 Å². The van der Waals surface area contributed by atoms with Crippen molar-refractivity contribution < 1.29 is 0 Å². The third-order valence-corrected chi connectivity index (χ3v) is 3.16. The summed E-state index contributed by atoms with van der Waals surface area (Å²) in [6, 6.07) is 4.10. The number of rotatable bonds is 5. The minimum Gasteiger partial charge on any atom is -0.340 e. The van der Waals surface area contributed by atoms with Crippen molar-refractivity contribution in [2.24, 2.45) is 0 Å². The van der Waals surface area contributed by atoms with Gasteiger partial charge in [0.2, 0.25) is 0 Å². The van der Waals surface area contributed by atoms with E-state index in [1.54, 1.807) is 0 Å². The van der Waals surface area contributed by atoms with Crippen molar-refractivity contribution >= 4 is 11.2 Å². The Balaban J connectivity index is 2.33. The Labute approximate surface area is 103 Å². The van der Waals surface area contributed by atoms with E-state index in [1.807, 2.05) is 13.0 Å². The third-order valence-electron chi connectivity index (χ3n) is 3.16. The third kappa shape index (κ3) is 2.65. The normalized spacial score (nSPS) is 11.5. The Bertz CT molecular complexity index is 481. The van der Waals surface area contributed by atoms with Crippen molar-refractivity contribution in [3.8, 4) is 0 Å². The van der Waals surface area contributed by atoms with Gasteiger partial charge in [0.1, 0.15) is 5.82 Å². The zero-order chi connectivity index (χ0) is 12.3. The fraction of sp³-hybridized carbons (Fsp3) is 0.571. The zero-order valence-electron chi connectivity index (χ0n) is 11.0. The minimum atomic E-state index is 0.555. The van der Waals surface area contributed by atoms with Crippen molar-refractivity contribution in [3.63, 3.8) is 0 Å². The van der Waals surface area contributed by atoms with E-state index in [0.717, 1.165) is 22.7 Å². The van der Waals surface area contributed by atoms with Crippen molar-refractivity contribution in [2.45, 2.75) is 52.4 Å². The molecule has 2 heterocycles. The summed E-state index contributed by atoms with van der Waals surface area (Å²) < 4.78 is 0. The van der Waals surface area contributed by atoms with E-state index in [0.29, 0.717) is 5.92 Å². The molecule has 0 aromatic carbocycles. The lowest BCUT2D eigenvalue weighted by Gasteiger charge is -2.11. The molecule has 17 heavy (non-hydrogen) atoms. The molecule has 0 saturated carbocycles. The number of nitrogens with zero attached hydrogens (tertiary/aromatic N) is 2. The van der Waals surface area contributed by atoms with Crippen molar-refractivity contribution in [1.29, 1.82) is 0 Å². The van der Waals surface area contributed by atoms with Crippen LogP contribution < -0.4 is 0 Å². The Hall–Kier alpha value is -1.38. The highest BCUT2D eigenvalue weighted by atomic mass is 15.0. The van der Waals surface area contributed by atoms with Crippen molar-refractivity contribution in [2.75, 3.05) is 0 Å². The number of pyridine rings is 1. The number of imidazole rings is 1. The summed E-state index contributed by atoms with van der Waals surface area (Å²) in [5.74, 6) is 1.67. The summed E-state index contributed by atoms with van der Waals surface area (Å²) in [4.78, 5) is 12.5. The smallest absolute Gasteiger partial charge is 0.177 e. The van der Waals surface area contributed by atoms with E-state index in [4.69, 9.17) is 0 Å². The Morgan fingerprint density at radius 2 is 1.82 bits per heavy atom. The van der Waals surface area contributed by atoms with Gasteiger partial charge in [0.15, 0.2) is 5.65 Å². The van der Waals surface area contributed by atoms with Gasteiger partial charge in [-0.1, -0.05) is 26.7 Å². The molecule has 2 aromatic heterocycles. The molecular formula is C14H21N3. The molecule has 0 fully saturated rings. The standard InChI is InChI=1S/C14H21N3/c1-4-6-11(7-5-2)13-16-12-9-8-10(3)15-14(12)17-13/h8-9,11H,4-7H2,1-3H3,(H,15,16,17). The maximum absolute atomic E-state index is 4.64. The molecule has 0 saturated heterocycles. The molecule has 1 N–H and O–H groups in total. The largest absolute Gasteiger partial charge is 0.340 e. The first-order valence-electron chi connectivity index (χ1n) is 6.57. The summed E-state index contributed by atoms with van der Waals surface area (Å²) in [7, 11) is 0. The maximum Gasteiger partial charge on any atom is 0.177 e. The number of aromatic amines is 1. The maximum atomic E-state index is 4.64. The number of nitrogens with one attached hydrogen (secondary N) is 1. The topological polar surface area (TPSA) is 41.6 Å². The molecule has 92 valence electrons. The predicted octanol–water partition coefficient (Wildman–Crippen LogP) is 3.95. The van der Waals surface area contributed by atoms with Crippen LogP contribution in [0.2, 0.25) is 0 Å². The molecule has 3 heteroatoms. The van der Waals surface area contributed by atoms with Crippen LogP contribution in [-0.2, 0) is 0 Å². The van der Waals surface area contributed by atoms with Gasteiger partial charge >= 0.3 is 0 Å². The van der Waals surface area contributed by atoms with Crippen LogP contribution in [0.15, 0.2) is 12.1 Å². The SMILES string of the molecule is CCCC(CCC)c1nc2nc(C)ccc2[nH]1. The molecule has 0 aliphatic rings. The van der Waals surface area contributed by atoms with E-state index in [9.17, 15) is 0 Å². The first-order valence-corrected chi connectivity index (χ1v) is 6.57. The molecule has 2 aromatic rings. The van der Waals surface area contributed by atoms with Crippen LogP contribution in [0, 0.1) is 6.92 Å². The molecule has 0 atom stereocenters. The van der Waals surface area contributed by atoms with Gasteiger partial charge < -0.3 is 4.98 Å². The quantitative estimate of drug-likeness (QED) is 0.846. The fourth-order valence-corrected chi connectivity index (χ4v) is 2.31. The van der Waals surface area contributed by atoms with Crippen molar-refractivity contribution in [1.82, 2.24) is 15.0 Å². The first-order chi connectivity index (χ1) is 8.24. The van der Waals surface area contributed by atoms with Crippen LogP contribution in [0.25, 0.3) is 11.2 Å². The Kier molecular flexibility index (Phi) is 3.77.